The minimum atomic E-state index is -4.71. The van der Waals surface area contributed by atoms with Crippen LogP contribution in [-0.4, -0.2) is 60.0 Å². The van der Waals surface area contributed by atoms with Crippen LogP contribution in [0.5, 0.6) is 5.75 Å². The highest BCUT2D eigenvalue weighted by atomic mass is 35.5. The van der Waals surface area contributed by atoms with Gasteiger partial charge in [-0.25, -0.2) is 0 Å². The molecule has 1 aliphatic heterocycles. The van der Waals surface area contributed by atoms with Gasteiger partial charge in [-0.3, -0.25) is 9.80 Å². The Kier molecular flexibility index (Phi) is 10.4. The van der Waals surface area contributed by atoms with Gasteiger partial charge in [0, 0.05) is 73.5 Å². The van der Waals surface area contributed by atoms with E-state index in [-0.39, 0.29) is 5.75 Å². The third-order valence-corrected chi connectivity index (χ3v) is 7.64. The Bertz CT molecular complexity index is 1320. The summed E-state index contributed by atoms with van der Waals surface area (Å²) in [5.41, 5.74) is 11.1. The zero-order chi connectivity index (χ0) is 28.7. The first kappa shape index (κ1) is 30.2. The largest absolute Gasteiger partial charge is 0.573 e. The molecule has 0 unspecified atom stereocenters. The fraction of sp³-hybridized carbons (Fsp3) is 0.419. The third-order valence-electron chi connectivity index (χ3n) is 7.19. The summed E-state index contributed by atoms with van der Waals surface area (Å²) in [6.45, 7) is 11.2. The lowest BCUT2D eigenvalue weighted by Gasteiger charge is -2.35. The summed E-state index contributed by atoms with van der Waals surface area (Å²) in [6.07, 6.45) is 3.23. The fourth-order valence-electron chi connectivity index (χ4n) is 5.09. The first-order valence-electron chi connectivity index (χ1n) is 13.8. The SMILES string of the molecule is CC/C=C\C(Cl)=C(/C)CN1CCN(Cc2ccc3c(c2)c(-c2ccc(OC(F)(F)F)cc2)cn3CCCN)CC1. The first-order chi connectivity index (χ1) is 19.2. The second-order valence-electron chi connectivity index (χ2n) is 10.3. The van der Waals surface area contributed by atoms with Crippen molar-refractivity contribution in [3.05, 3.63) is 77.0 Å². The molecule has 40 heavy (non-hydrogen) atoms. The van der Waals surface area contributed by atoms with Crippen LogP contribution in [-0.2, 0) is 13.1 Å². The molecule has 3 aromatic rings. The molecular weight excluding hydrogens is 537 g/mol. The van der Waals surface area contributed by atoms with E-state index in [9.17, 15) is 13.2 Å². The maximum Gasteiger partial charge on any atom is 0.573 e. The maximum absolute atomic E-state index is 12.6. The van der Waals surface area contributed by atoms with Crippen LogP contribution in [0.3, 0.4) is 0 Å². The second-order valence-corrected chi connectivity index (χ2v) is 10.7. The molecular formula is C31H38ClF3N4O. The molecule has 2 N–H and O–H groups in total. The van der Waals surface area contributed by atoms with Gasteiger partial charge in [0.25, 0.3) is 0 Å². The summed E-state index contributed by atoms with van der Waals surface area (Å²) >= 11 is 6.43. The van der Waals surface area contributed by atoms with Crippen molar-refractivity contribution in [2.24, 2.45) is 5.73 Å². The minimum absolute atomic E-state index is 0.228. The summed E-state index contributed by atoms with van der Waals surface area (Å²) in [7, 11) is 0. The lowest BCUT2D eigenvalue weighted by Crippen LogP contribution is -2.46. The number of halogens is 4. The van der Waals surface area contributed by atoms with Gasteiger partial charge in [-0.15, -0.1) is 13.2 Å². The molecule has 1 saturated heterocycles. The van der Waals surface area contributed by atoms with Gasteiger partial charge in [0.2, 0.25) is 0 Å². The summed E-state index contributed by atoms with van der Waals surface area (Å²) in [6, 6.07) is 12.6. The number of nitrogens with zero attached hydrogens (tertiary/aromatic N) is 3. The van der Waals surface area contributed by atoms with Crippen LogP contribution in [0.1, 0.15) is 32.3 Å². The van der Waals surface area contributed by atoms with Crippen LogP contribution >= 0.6 is 11.6 Å². The van der Waals surface area contributed by atoms with Crippen molar-refractivity contribution in [2.45, 2.75) is 46.1 Å². The van der Waals surface area contributed by atoms with Gasteiger partial charge in [-0.05, 0) is 73.4 Å². The number of rotatable bonds is 11. The van der Waals surface area contributed by atoms with Gasteiger partial charge in [0.1, 0.15) is 5.75 Å². The monoisotopic (exact) mass is 574 g/mol. The number of nitrogens with two attached hydrogens (primary N) is 1. The number of ether oxygens (including phenoxy) is 1. The molecule has 1 aliphatic rings. The average Bonchev–Trinajstić information content (AvgIpc) is 3.28. The molecule has 0 spiro atoms. The zero-order valence-corrected chi connectivity index (χ0v) is 23.9. The van der Waals surface area contributed by atoms with Crippen molar-refractivity contribution in [3.8, 4) is 16.9 Å². The highest BCUT2D eigenvalue weighted by molar-refractivity contribution is 6.31. The third kappa shape index (κ3) is 8.13. The van der Waals surface area contributed by atoms with Crippen LogP contribution in [0.4, 0.5) is 13.2 Å². The van der Waals surface area contributed by atoms with Gasteiger partial charge in [0.15, 0.2) is 0 Å². The van der Waals surface area contributed by atoms with Crippen LogP contribution in [0, 0.1) is 0 Å². The normalized spacial score (nSPS) is 16.2. The van der Waals surface area contributed by atoms with E-state index in [2.05, 4.69) is 63.4 Å². The van der Waals surface area contributed by atoms with Gasteiger partial charge in [-0.1, -0.05) is 42.8 Å². The number of alkyl halides is 3. The van der Waals surface area contributed by atoms with Crippen LogP contribution in [0.15, 0.2) is 71.4 Å². The average molecular weight is 575 g/mol. The van der Waals surface area contributed by atoms with Crippen molar-refractivity contribution >= 4 is 22.5 Å². The van der Waals surface area contributed by atoms with E-state index in [1.807, 2.05) is 6.08 Å². The molecule has 0 saturated carbocycles. The van der Waals surface area contributed by atoms with Crippen molar-refractivity contribution in [1.29, 1.82) is 0 Å². The Morgan fingerprint density at radius 1 is 1.05 bits per heavy atom. The highest BCUT2D eigenvalue weighted by Gasteiger charge is 2.31. The van der Waals surface area contributed by atoms with E-state index < -0.39 is 6.36 Å². The topological polar surface area (TPSA) is 46.7 Å². The standard InChI is InChI=1S/C31H38ClF3N4O/c1-3-4-6-29(32)23(2)20-37-15-17-38(18-16-37)21-24-7-12-30-27(19-24)28(22-39(30)14-5-13-36)25-8-10-26(11-9-25)40-31(33,34)35/h4,6-12,19,22H,3,5,13-18,20-21,36H2,1-2H3/b6-4-,29-23-. The molecule has 0 amide bonds. The van der Waals surface area contributed by atoms with Crippen molar-refractivity contribution < 1.29 is 17.9 Å². The molecule has 0 bridgehead atoms. The number of fused-ring (bicyclic) bond motifs is 1. The van der Waals surface area contributed by atoms with E-state index in [0.29, 0.717) is 6.54 Å². The fourth-order valence-corrected chi connectivity index (χ4v) is 5.24. The van der Waals surface area contributed by atoms with E-state index in [1.54, 1.807) is 12.1 Å². The molecule has 2 aromatic carbocycles. The molecule has 0 aliphatic carbocycles. The van der Waals surface area contributed by atoms with Crippen molar-refractivity contribution in [2.75, 3.05) is 39.3 Å². The maximum atomic E-state index is 12.6. The first-order valence-corrected chi connectivity index (χ1v) is 14.2. The number of aromatic nitrogens is 1. The van der Waals surface area contributed by atoms with E-state index in [0.717, 1.165) is 85.7 Å². The molecule has 0 radical (unpaired) electrons. The zero-order valence-electron chi connectivity index (χ0n) is 23.2. The van der Waals surface area contributed by atoms with E-state index in [1.165, 1.54) is 23.3 Å². The molecule has 216 valence electrons. The summed E-state index contributed by atoms with van der Waals surface area (Å²) in [4.78, 5) is 4.91. The van der Waals surface area contributed by atoms with Gasteiger partial charge in [-0.2, -0.15) is 0 Å². The molecule has 9 heteroatoms. The number of aryl methyl sites for hydroxylation is 1. The van der Waals surface area contributed by atoms with Gasteiger partial charge < -0.3 is 15.0 Å². The molecule has 0 atom stereocenters. The van der Waals surface area contributed by atoms with Crippen molar-refractivity contribution in [1.82, 2.24) is 14.4 Å². The Labute approximate surface area is 239 Å². The van der Waals surface area contributed by atoms with Crippen molar-refractivity contribution in [3.63, 3.8) is 0 Å². The lowest BCUT2D eigenvalue weighted by atomic mass is 10.0. The van der Waals surface area contributed by atoms with Crippen LogP contribution in [0.2, 0.25) is 0 Å². The lowest BCUT2D eigenvalue weighted by molar-refractivity contribution is -0.274. The predicted octanol–water partition coefficient (Wildman–Crippen LogP) is 7.15. The minimum Gasteiger partial charge on any atom is -0.406 e. The summed E-state index contributed by atoms with van der Waals surface area (Å²) in [5.74, 6) is -0.228. The molecule has 1 aromatic heterocycles. The van der Waals surface area contributed by atoms with Gasteiger partial charge >= 0.3 is 6.36 Å². The van der Waals surface area contributed by atoms with E-state index >= 15 is 0 Å². The number of allylic oxidation sites excluding steroid dienone is 3. The Morgan fingerprint density at radius 2 is 1.75 bits per heavy atom. The van der Waals surface area contributed by atoms with E-state index in [4.69, 9.17) is 17.3 Å². The highest BCUT2D eigenvalue weighted by Crippen LogP contribution is 2.34. The second kappa shape index (κ2) is 13.7. The number of benzene rings is 2. The summed E-state index contributed by atoms with van der Waals surface area (Å²) < 4.78 is 44.1. The Balaban J connectivity index is 1.49. The Morgan fingerprint density at radius 3 is 2.40 bits per heavy atom. The number of hydrogen-bond acceptors (Lipinski definition) is 4. The number of hydrogen-bond donors (Lipinski definition) is 1. The molecule has 2 heterocycles. The predicted molar refractivity (Wildman–Crippen MR) is 157 cm³/mol. The van der Waals surface area contributed by atoms with Gasteiger partial charge in [0.05, 0.1) is 0 Å². The Hall–Kier alpha value is -2.78. The molecule has 4 rings (SSSR count). The van der Waals surface area contributed by atoms with Crippen LogP contribution < -0.4 is 10.5 Å². The quantitative estimate of drug-likeness (QED) is 0.247. The van der Waals surface area contributed by atoms with Crippen LogP contribution in [0.25, 0.3) is 22.0 Å². The summed E-state index contributed by atoms with van der Waals surface area (Å²) in [5, 5.41) is 1.91. The number of piperazine rings is 1. The molecule has 1 fully saturated rings. The molecule has 5 nitrogen and oxygen atoms in total. The smallest absolute Gasteiger partial charge is 0.406 e.